The van der Waals surface area contributed by atoms with E-state index in [0.717, 1.165) is 16.3 Å². The van der Waals surface area contributed by atoms with E-state index in [2.05, 4.69) is 11.6 Å². The summed E-state index contributed by atoms with van der Waals surface area (Å²) in [7, 11) is 0. The molecule has 0 radical (unpaired) electrons. The van der Waals surface area contributed by atoms with Gasteiger partial charge in [0.05, 0.1) is 0 Å². The van der Waals surface area contributed by atoms with Crippen LogP contribution in [0.25, 0.3) is 12.2 Å². The van der Waals surface area contributed by atoms with Crippen molar-refractivity contribution in [2.75, 3.05) is 0 Å². The highest BCUT2D eigenvalue weighted by Crippen LogP contribution is 1.89. The van der Waals surface area contributed by atoms with Crippen LogP contribution >= 0.6 is 0 Å². The molecule has 11 heavy (non-hydrogen) atoms. The Morgan fingerprint density at radius 3 is 2.45 bits per heavy atom. The number of nitrogens with one attached hydrogen (secondary N) is 2. The van der Waals surface area contributed by atoms with E-state index in [9.17, 15) is 0 Å². The number of H-pyrrole nitrogens is 1. The quantitative estimate of drug-likeness (QED) is 0.549. The normalized spacial score (nSPS) is 12.9. The minimum atomic E-state index is 0.590. The van der Waals surface area contributed by atoms with Crippen LogP contribution in [0.15, 0.2) is 12.1 Å². The molecule has 1 rings (SSSR count). The van der Waals surface area contributed by atoms with Crippen LogP contribution < -0.4 is 10.7 Å². The lowest BCUT2D eigenvalue weighted by Gasteiger charge is -1.92. The minimum Gasteiger partial charge on any atom is -0.356 e. The van der Waals surface area contributed by atoms with Crippen LogP contribution in [0.3, 0.4) is 0 Å². The minimum absolute atomic E-state index is 0.590. The van der Waals surface area contributed by atoms with Gasteiger partial charge in [0, 0.05) is 16.4 Å². The first kappa shape index (κ1) is 7.79. The van der Waals surface area contributed by atoms with Crippen LogP contribution in [0.2, 0.25) is 0 Å². The molecule has 0 saturated heterocycles. The molecule has 2 nitrogen and oxygen atoms in total. The Kier molecular flexibility index (Phi) is 1.94. The number of hydrogen-bond acceptors (Lipinski definition) is 1. The lowest BCUT2D eigenvalue weighted by atomic mass is 10.2. The number of rotatable bonds is 1. The second-order valence-corrected chi connectivity index (χ2v) is 2.65. The van der Waals surface area contributed by atoms with E-state index in [4.69, 9.17) is 5.41 Å². The molecule has 58 valence electrons. The highest BCUT2D eigenvalue weighted by atomic mass is 14.7. The van der Waals surface area contributed by atoms with Crippen molar-refractivity contribution in [2.24, 2.45) is 0 Å². The second-order valence-electron chi connectivity index (χ2n) is 2.65. The van der Waals surface area contributed by atoms with E-state index >= 15 is 0 Å². The lowest BCUT2D eigenvalue weighted by molar-refractivity contribution is 1.26. The Balaban J connectivity index is 3.38. The van der Waals surface area contributed by atoms with Gasteiger partial charge in [-0.25, -0.2) is 0 Å². The molecule has 1 aromatic rings. The topological polar surface area (TPSA) is 39.6 Å². The molecule has 2 heteroatoms. The van der Waals surface area contributed by atoms with Crippen molar-refractivity contribution in [3.05, 3.63) is 22.8 Å². The average molecular weight is 148 g/mol. The Morgan fingerprint density at radius 1 is 1.45 bits per heavy atom. The molecule has 0 aliphatic heterocycles. The molecule has 0 aromatic carbocycles. The third kappa shape index (κ3) is 1.58. The van der Waals surface area contributed by atoms with E-state index in [1.807, 2.05) is 19.1 Å². The maximum atomic E-state index is 7.37. The maximum Gasteiger partial charge on any atom is 0.0432 e. The Labute approximate surface area is 65.8 Å². The van der Waals surface area contributed by atoms with Crippen molar-refractivity contribution >= 4 is 17.9 Å². The highest BCUT2D eigenvalue weighted by molar-refractivity contribution is 6.14. The smallest absolute Gasteiger partial charge is 0.0432 e. The maximum absolute atomic E-state index is 7.37. The standard InChI is InChI=1S/C9H12N2/c1-6-4-5-9(11-6)7(2)8(3)10/h4-5,10-11H,1H2,2-3H3/b9-7-,10-8?. The summed E-state index contributed by atoms with van der Waals surface area (Å²) in [4.78, 5) is 3.07. The van der Waals surface area contributed by atoms with Crippen LogP contribution in [0.1, 0.15) is 13.8 Å². The Hall–Kier alpha value is -1.31. The van der Waals surface area contributed by atoms with Gasteiger partial charge >= 0.3 is 0 Å². The summed E-state index contributed by atoms with van der Waals surface area (Å²) >= 11 is 0. The molecular formula is C9H12N2. The SMILES string of the molecule is C=c1cc/c(=C(\C)C(C)=N)[nH]1. The molecule has 0 fully saturated rings. The van der Waals surface area contributed by atoms with E-state index in [1.165, 1.54) is 0 Å². The van der Waals surface area contributed by atoms with Crippen molar-refractivity contribution in [1.29, 1.82) is 5.41 Å². The van der Waals surface area contributed by atoms with Crippen molar-refractivity contribution in [1.82, 2.24) is 4.98 Å². The second kappa shape index (κ2) is 2.74. The molecule has 1 aromatic heterocycles. The summed E-state index contributed by atoms with van der Waals surface area (Å²) in [6, 6.07) is 3.84. The van der Waals surface area contributed by atoms with E-state index in [-0.39, 0.29) is 0 Å². The third-order valence-corrected chi connectivity index (χ3v) is 1.71. The monoisotopic (exact) mass is 148 g/mol. The number of aromatic amines is 1. The van der Waals surface area contributed by atoms with Crippen LogP contribution in [0.5, 0.6) is 0 Å². The molecule has 0 amide bonds. The zero-order chi connectivity index (χ0) is 8.43. The fourth-order valence-corrected chi connectivity index (χ4v) is 0.861. The van der Waals surface area contributed by atoms with Crippen molar-refractivity contribution in [3.63, 3.8) is 0 Å². The largest absolute Gasteiger partial charge is 0.356 e. The Bertz CT molecular complexity index is 371. The predicted octanol–water partition coefficient (Wildman–Crippen LogP) is 0.635. The van der Waals surface area contributed by atoms with E-state index < -0.39 is 0 Å². The molecule has 0 unspecified atom stereocenters. The van der Waals surface area contributed by atoms with E-state index in [0.29, 0.717) is 5.71 Å². The highest BCUT2D eigenvalue weighted by Gasteiger charge is 1.92. The zero-order valence-electron chi connectivity index (χ0n) is 6.86. The van der Waals surface area contributed by atoms with Gasteiger partial charge in [-0.15, -0.1) is 0 Å². The molecule has 0 aliphatic rings. The fourth-order valence-electron chi connectivity index (χ4n) is 0.861. The van der Waals surface area contributed by atoms with E-state index in [1.54, 1.807) is 6.92 Å². The average Bonchev–Trinajstić information content (AvgIpc) is 2.34. The first-order valence-electron chi connectivity index (χ1n) is 3.51. The van der Waals surface area contributed by atoms with Crippen molar-refractivity contribution < 1.29 is 0 Å². The van der Waals surface area contributed by atoms with Gasteiger partial charge in [-0.05, 0) is 31.6 Å². The molecule has 0 atom stereocenters. The van der Waals surface area contributed by atoms with Gasteiger partial charge in [0.2, 0.25) is 0 Å². The molecular weight excluding hydrogens is 136 g/mol. The summed E-state index contributed by atoms with van der Waals surface area (Å²) in [6.45, 7) is 7.44. The van der Waals surface area contributed by atoms with Gasteiger partial charge in [-0.3, -0.25) is 0 Å². The summed E-state index contributed by atoms with van der Waals surface area (Å²) in [5.41, 5.74) is 1.56. The summed E-state index contributed by atoms with van der Waals surface area (Å²) in [5.74, 6) is 0. The molecule has 0 bridgehead atoms. The van der Waals surface area contributed by atoms with Crippen LogP contribution in [-0.4, -0.2) is 10.7 Å². The van der Waals surface area contributed by atoms with Crippen LogP contribution in [0, 0.1) is 5.41 Å². The third-order valence-electron chi connectivity index (χ3n) is 1.71. The first-order chi connectivity index (χ1) is 5.11. The summed E-state index contributed by atoms with van der Waals surface area (Å²) in [5, 5.41) is 9.25. The zero-order valence-corrected chi connectivity index (χ0v) is 6.86. The van der Waals surface area contributed by atoms with Crippen molar-refractivity contribution in [2.45, 2.75) is 13.8 Å². The molecule has 0 spiro atoms. The van der Waals surface area contributed by atoms with Crippen molar-refractivity contribution in [3.8, 4) is 0 Å². The first-order valence-corrected chi connectivity index (χ1v) is 3.51. The predicted molar refractivity (Wildman–Crippen MR) is 48.0 cm³/mol. The van der Waals surface area contributed by atoms with Gasteiger partial charge < -0.3 is 10.4 Å². The van der Waals surface area contributed by atoms with Gasteiger partial charge in [-0.2, -0.15) is 0 Å². The number of hydrogen-bond donors (Lipinski definition) is 2. The summed E-state index contributed by atoms with van der Waals surface area (Å²) < 4.78 is 0. The van der Waals surface area contributed by atoms with Gasteiger partial charge in [-0.1, -0.05) is 6.58 Å². The number of aromatic nitrogens is 1. The molecule has 0 saturated carbocycles. The van der Waals surface area contributed by atoms with Gasteiger partial charge in [0.15, 0.2) is 0 Å². The molecule has 1 heterocycles. The van der Waals surface area contributed by atoms with Crippen LogP contribution in [-0.2, 0) is 0 Å². The molecule has 2 N–H and O–H groups in total. The molecule has 0 aliphatic carbocycles. The summed E-state index contributed by atoms with van der Waals surface area (Å²) in [6.07, 6.45) is 0. The van der Waals surface area contributed by atoms with Gasteiger partial charge in [0.1, 0.15) is 0 Å². The van der Waals surface area contributed by atoms with Gasteiger partial charge in [0.25, 0.3) is 0 Å². The van der Waals surface area contributed by atoms with Crippen LogP contribution in [0.4, 0.5) is 0 Å². The Morgan fingerprint density at radius 2 is 2.09 bits per heavy atom. The lowest BCUT2D eigenvalue weighted by Crippen LogP contribution is -2.13. The fraction of sp³-hybridized carbons (Fsp3) is 0.222.